The lowest BCUT2D eigenvalue weighted by molar-refractivity contribution is 0.378. The maximum atomic E-state index is 11.6. The summed E-state index contributed by atoms with van der Waals surface area (Å²) < 4.78 is 23.2. The second-order valence-corrected chi connectivity index (χ2v) is 11.0. The monoisotopic (exact) mass is 487 g/mol. The number of aliphatic imine (C=N–C) groups is 1. The highest BCUT2D eigenvalue weighted by Crippen LogP contribution is 2.26. The Labute approximate surface area is 167 Å². The van der Waals surface area contributed by atoms with Crippen molar-refractivity contribution >= 4 is 51.5 Å². The number of nitrogens with one attached hydrogen (secondary N) is 1. The smallest absolute Gasteiger partial charge is 0.194 e. The van der Waals surface area contributed by atoms with Crippen LogP contribution in [0.1, 0.15) is 33.1 Å². The lowest BCUT2D eigenvalue weighted by atomic mass is 10.1. The SMILES string of the molecule is CC(C)C1CN(C(=NCC2CCS(=O)(=O)C2)NC2CC2)CCS1.I. The van der Waals surface area contributed by atoms with Crippen LogP contribution < -0.4 is 5.32 Å². The lowest BCUT2D eigenvalue weighted by Gasteiger charge is -2.36. The molecular weight excluding hydrogens is 457 g/mol. The molecule has 140 valence electrons. The molecule has 2 heterocycles. The second kappa shape index (κ2) is 8.79. The average molecular weight is 487 g/mol. The van der Waals surface area contributed by atoms with Crippen molar-refractivity contribution in [2.45, 2.75) is 44.4 Å². The van der Waals surface area contributed by atoms with Gasteiger partial charge in [0.2, 0.25) is 0 Å². The van der Waals surface area contributed by atoms with Gasteiger partial charge in [0.25, 0.3) is 0 Å². The van der Waals surface area contributed by atoms with E-state index in [0.29, 0.717) is 35.3 Å². The van der Waals surface area contributed by atoms with Crippen molar-refractivity contribution in [3.05, 3.63) is 0 Å². The van der Waals surface area contributed by atoms with Gasteiger partial charge >= 0.3 is 0 Å². The van der Waals surface area contributed by atoms with E-state index >= 15 is 0 Å². The number of guanidine groups is 1. The lowest BCUT2D eigenvalue weighted by Crippen LogP contribution is -2.49. The van der Waals surface area contributed by atoms with Gasteiger partial charge in [-0.05, 0) is 31.1 Å². The fraction of sp³-hybridized carbons (Fsp3) is 0.938. The van der Waals surface area contributed by atoms with Gasteiger partial charge in [-0.1, -0.05) is 13.8 Å². The quantitative estimate of drug-likeness (QED) is 0.375. The van der Waals surface area contributed by atoms with E-state index in [9.17, 15) is 8.42 Å². The molecule has 2 atom stereocenters. The van der Waals surface area contributed by atoms with E-state index in [0.717, 1.165) is 31.2 Å². The maximum Gasteiger partial charge on any atom is 0.194 e. The van der Waals surface area contributed by atoms with Crippen LogP contribution in [0.4, 0.5) is 0 Å². The Morgan fingerprint density at radius 3 is 2.67 bits per heavy atom. The Morgan fingerprint density at radius 2 is 2.08 bits per heavy atom. The molecule has 0 aromatic heterocycles. The largest absolute Gasteiger partial charge is 0.354 e. The highest BCUT2D eigenvalue weighted by Gasteiger charge is 2.31. The molecule has 1 aliphatic carbocycles. The Kier molecular flexibility index (Phi) is 7.55. The fourth-order valence-electron chi connectivity index (χ4n) is 3.15. The number of rotatable bonds is 4. The Bertz CT molecular complexity index is 550. The molecule has 0 bridgehead atoms. The second-order valence-electron chi connectivity index (χ2n) is 7.45. The number of thioether (sulfide) groups is 1. The summed E-state index contributed by atoms with van der Waals surface area (Å²) in [6.07, 6.45) is 3.23. The predicted molar refractivity (Wildman–Crippen MR) is 113 cm³/mol. The molecule has 24 heavy (non-hydrogen) atoms. The van der Waals surface area contributed by atoms with Crippen LogP contribution in [-0.4, -0.2) is 67.5 Å². The van der Waals surface area contributed by atoms with Crippen LogP contribution in [0.5, 0.6) is 0 Å². The highest BCUT2D eigenvalue weighted by atomic mass is 127. The normalized spacial score (nSPS) is 30.3. The van der Waals surface area contributed by atoms with Gasteiger partial charge in [-0.3, -0.25) is 4.99 Å². The van der Waals surface area contributed by atoms with Crippen LogP contribution in [0.2, 0.25) is 0 Å². The molecule has 0 aromatic rings. The molecule has 0 radical (unpaired) electrons. The third-order valence-corrected chi connectivity index (χ3v) is 8.25. The van der Waals surface area contributed by atoms with Gasteiger partial charge in [-0.15, -0.1) is 24.0 Å². The first-order valence-corrected chi connectivity index (χ1v) is 11.7. The first-order valence-electron chi connectivity index (χ1n) is 8.81. The summed E-state index contributed by atoms with van der Waals surface area (Å²) in [6.45, 7) is 7.30. The van der Waals surface area contributed by atoms with Gasteiger partial charge in [0.05, 0.1) is 11.5 Å². The average Bonchev–Trinajstić information content (AvgIpc) is 3.26. The molecule has 8 heteroatoms. The summed E-state index contributed by atoms with van der Waals surface area (Å²) in [5, 5.41) is 4.24. The number of sulfone groups is 1. The number of halogens is 1. The van der Waals surface area contributed by atoms with Crippen molar-refractivity contribution in [1.29, 1.82) is 0 Å². The van der Waals surface area contributed by atoms with Gasteiger partial charge in [0, 0.05) is 36.7 Å². The van der Waals surface area contributed by atoms with Crippen LogP contribution in [0.25, 0.3) is 0 Å². The molecule has 0 amide bonds. The van der Waals surface area contributed by atoms with Gasteiger partial charge < -0.3 is 10.2 Å². The summed E-state index contributed by atoms with van der Waals surface area (Å²) in [4.78, 5) is 7.22. The third-order valence-electron chi connectivity index (χ3n) is 4.87. The van der Waals surface area contributed by atoms with E-state index in [2.05, 4.69) is 35.8 Å². The minimum absolute atomic E-state index is 0. The number of hydrogen-bond acceptors (Lipinski definition) is 4. The van der Waals surface area contributed by atoms with E-state index in [4.69, 9.17) is 4.99 Å². The van der Waals surface area contributed by atoms with E-state index in [1.165, 1.54) is 12.8 Å². The van der Waals surface area contributed by atoms with E-state index in [-0.39, 0.29) is 29.9 Å². The fourth-order valence-corrected chi connectivity index (χ4v) is 6.30. The topological polar surface area (TPSA) is 61.8 Å². The van der Waals surface area contributed by atoms with Gasteiger partial charge in [0.15, 0.2) is 15.8 Å². The van der Waals surface area contributed by atoms with Crippen molar-refractivity contribution in [3.63, 3.8) is 0 Å². The molecule has 2 aliphatic heterocycles. The Balaban J connectivity index is 0.00000208. The first kappa shape index (κ1) is 20.6. The van der Waals surface area contributed by atoms with Crippen LogP contribution in [0.15, 0.2) is 4.99 Å². The summed E-state index contributed by atoms with van der Waals surface area (Å²) in [5.41, 5.74) is 0. The molecule has 0 spiro atoms. The molecule has 0 aromatic carbocycles. The number of nitrogens with zero attached hydrogens (tertiary/aromatic N) is 2. The zero-order valence-corrected chi connectivity index (χ0v) is 18.6. The summed E-state index contributed by atoms with van der Waals surface area (Å²) in [7, 11) is -2.81. The molecule has 2 saturated heterocycles. The highest BCUT2D eigenvalue weighted by molar-refractivity contribution is 14.0. The summed E-state index contributed by atoms with van der Waals surface area (Å²) in [6, 6.07) is 0.577. The predicted octanol–water partition coefficient (Wildman–Crippen LogP) is 2.22. The standard InChI is InChI=1S/C16H29N3O2S2.HI/c1-12(2)15-10-19(6-7-22-15)16(18-14-3-4-14)17-9-13-5-8-23(20,21)11-13;/h12-15H,3-11H2,1-2H3,(H,17,18);1H. The van der Waals surface area contributed by atoms with Crippen LogP contribution >= 0.6 is 35.7 Å². The molecule has 1 saturated carbocycles. The van der Waals surface area contributed by atoms with Gasteiger partial charge in [-0.2, -0.15) is 11.8 Å². The molecule has 1 N–H and O–H groups in total. The molecule has 3 fully saturated rings. The zero-order valence-electron chi connectivity index (χ0n) is 14.6. The first-order chi connectivity index (χ1) is 10.9. The van der Waals surface area contributed by atoms with Crippen molar-refractivity contribution < 1.29 is 8.42 Å². The summed E-state index contributed by atoms with van der Waals surface area (Å²) >= 11 is 2.07. The minimum Gasteiger partial charge on any atom is -0.354 e. The molecule has 3 rings (SSSR count). The van der Waals surface area contributed by atoms with Crippen LogP contribution in [0, 0.1) is 11.8 Å². The van der Waals surface area contributed by atoms with E-state index in [1.54, 1.807) is 0 Å². The van der Waals surface area contributed by atoms with Gasteiger partial charge in [-0.25, -0.2) is 8.42 Å². The molecule has 5 nitrogen and oxygen atoms in total. The minimum atomic E-state index is -2.81. The third kappa shape index (κ3) is 5.93. The van der Waals surface area contributed by atoms with Gasteiger partial charge in [0.1, 0.15) is 0 Å². The van der Waals surface area contributed by atoms with Crippen molar-refractivity contribution in [2.75, 3.05) is 36.9 Å². The number of hydrogen-bond donors (Lipinski definition) is 1. The van der Waals surface area contributed by atoms with Crippen molar-refractivity contribution in [1.82, 2.24) is 10.2 Å². The van der Waals surface area contributed by atoms with E-state index in [1.807, 2.05) is 0 Å². The molecule has 3 aliphatic rings. The summed E-state index contributed by atoms with van der Waals surface area (Å²) in [5.74, 6) is 3.70. The van der Waals surface area contributed by atoms with E-state index < -0.39 is 9.84 Å². The molecule has 2 unspecified atom stereocenters. The van der Waals surface area contributed by atoms with Crippen molar-refractivity contribution in [3.8, 4) is 0 Å². The zero-order chi connectivity index (χ0) is 16.4. The Hall–Kier alpha value is 0.300. The van der Waals surface area contributed by atoms with Crippen LogP contribution in [-0.2, 0) is 9.84 Å². The Morgan fingerprint density at radius 1 is 1.33 bits per heavy atom. The van der Waals surface area contributed by atoms with Crippen LogP contribution in [0.3, 0.4) is 0 Å². The molecular formula is C16H30IN3O2S2. The van der Waals surface area contributed by atoms with Crippen molar-refractivity contribution in [2.24, 2.45) is 16.8 Å². The maximum absolute atomic E-state index is 11.6.